The van der Waals surface area contributed by atoms with Gasteiger partial charge in [-0.3, -0.25) is 0 Å². The summed E-state index contributed by atoms with van der Waals surface area (Å²) in [5, 5.41) is 12.1. The Kier molecular flexibility index (Phi) is 4.20. The maximum atomic E-state index is 12.6. The lowest BCUT2D eigenvalue weighted by Gasteiger charge is -2.11. The Hall–Kier alpha value is -3.47. The van der Waals surface area contributed by atoms with E-state index in [0.29, 0.717) is 11.1 Å². The van der Waals surface area contributed by atoms with Gasteiger partial charge in [0.25, 0.3) is 0 Å². The Morgan fingerprint density at radius 1 is 1.07 bits per heavy atom. The van der Waals surface area contributed by atoms with Crippen molar-refractivity contribution in [3.05, 3.63) is 60.2 Å². The summed E-state index contributed by atoms with van der Waals surface area (Å²) in [7, 11) is 1.60. The van der Waals surface area contributed by atoms with E-state index < -0.39 is 5.97 Å². The highest BCUT2D eigenvalue weighted by molar-refractivity contribution is 6.22. The number of nitrogens with one attached hydrogen (secondary N) is 1. The van der Waals surface area contributed by atoms with E-state index in [0.717, 1.165) is 27.5 Å². The van der Waals surface area contributed by atoms with Crippen LogP contribution in [0.25, 0.3) is 32.9 Å². The van der Waals surface area contributed by atoms with Crippen molar-refractivity contribution in [1.82, 2.24) is 4.98 Å². The van der Waals surface area contributed by atoms with Gasteiger partial charge in [0.1, 0.15) is 17.1 Å². The molecule has 1 heterocycles. The molecule has 5 nitrogen and oxygen atoms in total. The summed E-state index contributed by atoms with van der Waals surface area (Å²) in [6, 6.07) is 16.9. The second-order valence-electron chi connectivity index (χ2n) is 6.16. The average molecular weight is 361 g/mol. The summed E-state index contributed by atoms with van der Waals surface area (Å²) in [5.74, 6) is 0.00358. The van der Waals surface area contributed by atoms with E-state index in [-0.39, 0.29) is 17.9 Å². The summed E-state index contributed by atoms with van der Waals surface area (Å²) in [5.41, 5.74) is 3.41. The molecule has 4 rings (SSSR count). The highest BCUT2D eigenvalue weighted by Crippen LogP contribution is 2.42. The molecule has 0 aliphatic carbocycles. The molecule has 5 heteroatoms. The number of aromatic amines is 1. The standard InChI is InChI=1S/C22H19NO4/c1-3-27-22(25)19-16(24)12-15(13-8-5-4-6-9-13)21-18(19)14-10-7-11-17(26-2)20(14)23-21/h4-12,23-24H,3H2,1-2H3. The van der Waals surface area contributed by atoms with Gasteiger partial charge in [-0.15, -0.1) is 0 Å². The van der Waals surface area contributed by atoms with E-state index in [1.54, 1.807) is 20.1 Å². The third-order valence-electron chi connectivity index (χ3n) is 4.64. The number of phenols is 1. The zero-order chi connectivity index (χ0) is 19.0. The zero-order valence-electron chi connectivity index (χ0n) is 15.1. The lowest BCUT2D eigenvalue weighted by molar-refractivity contribution is 0.0525. The molecule has 136 valence electrons. The molecule has 0 bridgehead atoms. The predicted molar refractivity (Wildman–Crippen MR) is 105 cm³/mol. The van der Waals surface area contributed by atoms with Gasteiger partial charge in [-0.05, 0) is 24.6 Å². The van der Waals surface area contributed by atoms with Gasteiger partial charge >= 0.3 is 5.97 Å². The fourth-order valence-corrected chi connectivity index (χ4v) is 3.49. The number of aromatic nitrogens is 1. The zero-order valence-corrected chi connectivity index (χ0v) is 15.1. The van der Waals surface area contributed by atoms with Gasteiger partial charge < -0.3 is 19.6 Å². The number of hydrogen-bond donors (Lipinski definition) is 2. The highest BCUT2D eigenvalue weighted by Gasteiger charge is 2.24. The molecule has 0 amide bonds. The molecule has 0 saturated carbocycles. The van der Waals surface area contributed by atoms with Gasteiger partial charge in [-0.2, -0.15) is 0 Å². The van der Waals surface area contributed by atoms with Crippen LogP contribution < -0.4 is 4.74 Å². The first-order valence-corrected chi connectivity index (χ1v) is 8.72. The maximum absolute atomic E-state index is 12.6. The van der Waals surface area contributed by atoms with Crippen LogP contribution in [0.2, 0.25) is 0 Å². The van der Waals surface area contributed by atoms with Gasteiger partial charge in [0.05, 0.1) is 24.8 Å². The number of para-hydroxylation sites is 1. The molecule has 3 aromatic carbocycles. The molecule has 0 aliphatic rings. The van der Waals surface area contributed by atoms with E-state index >= 15 is 0 Å². The van der Waals surface area contributed by atoms with Crippen LogP contribution in [-0.4, -0.2) is 29.8 Å². The SMILES string of the molecule is CCOC(=O)c1c(O)cc(-c2ccccc2)c2[nH]c3c(OC)cccc3c12. The topological polar surface area (TPSA) is 71.5 Å². The van der Waals surface area contributed by atoms with Crippen LogP contribution in [-0.2, 0) is 4.74 Å². The van der Waals surface area contributed by atoms with E-state index in [1.807, 2.05) is 48.5 Å². The summed E-state index contributed by atoms with van der Waals surface area (Å²) < 4.78 is 10.7. The molecule has 0 aliphatic heterocycles. The third kappa shape index (κ3) is 2.68. The fourth-order valence-electron chi connectivity index (χ4n) is 3.49. The van der Waals surface area contributed by atoms with E-state index in [2.05, 4.69) is 4.98 Å². The van der Waals surface area contributed by atoms with Crippen LogP contribution in [0.15, 0.2) is 54.6 Å². The summed E-state index contributed by atoms with van der Waals surface area (Å²) in [4.78, 5) is 16.0. The number of methoxy groups -OCH3 is 1. The van der Waals surface area contributed by atoms with Gasteiger partial charge in [-0.25, -0.2) is 4.79 Å². The van der Waals surface area contributed by atoms with Crippen molar-refractivity contribution in [1.29, 1.82) is 0 Å². The number of benzene rings is 3. The maximum Gasteiger partial charge on any atom is 0.342 e. The first-order chi connectivity index (χ1) is 13.2. The molecule has 0 unspecified atom stereocenters. The number of fused-ring (bicyclic) bond motifs is 3. The lowest BCUT2D eigenvalue weighted by Crippen LogP contribution is -2.06. The number of esters is 1. The molecular formula is C22H19NO4. The van der Waals surface area contributed by atoms with E-state index in [9.17, 15) is 9.90 Å². The van der Waals surface area contributed by atoms with Gasteiger partial charge in [0.2, 0.25) is 0 Å². The highest BCUT2D eigenvalue weighted by atomic mass is 16.5. The molecule has 0 atom stereocenters. The predicted octanol–water partition coefficient (Wildman–Crippen LogP) is 4.88. The quantitative estimate of drug-likeness (QED) is 0.508. The first kappa shape index (κ1) is 17.0. The normalized spacial score (nSPS) is 11.0. The number of aromatic hydroxyl groups is 1. The van der Waals surface area contributed by atoms with Crippen molar-refractivity contribution in [2.24, 2.45) is 0 Å². The van der Waals surface area contributed by atoms with Gasteiger partial charge in [0.15, 0.2) is 0 Å². The molecule has 27 heavy (non-hydrogen) atoms. The molecule has 1 aromatic heterocycles. The molecular weight excluding hydrogens is 342 g/mol. The Balaban J connectivity index is 2.17. The molecule has 2 N–H and O–H groups in total. The monoisotopic (exact) mass is 361 g/mol. The van der Waals surface area contributed by atoms with Crippen molar-refractivity contribution >= 4 is 27.8 Å². The Morgan fingerprint density at radius 2 is 1.85 bits per heavy atom. The number of carbonyl (C=O) groups excluding carboxylic acids is 1. The van der Waals surface area contributed by atoms with Crippen LogP contribution in [0.1, 0.15) is 17.3 Å². The van der Waals surface area contributed by atoms with E-state index in [1.165, 1.54) is 0 Å². The lowest BCUT2D eigenvalue weighted by atomic mass is 9.97. The number of H-pyrrole nitrogens is 1. The molecule has 0 saturated heterocycles. The van der Waals surface area contributed by atoms with Gasteiger partial charge in [0, 0.05) is 16.3 Å². The van der Waals surface area contributed by atoms with Crippen molar-refractivity contribution in [3.8, 4) is 22.6 Å². The average Bonchev–Trinajstić information content (AvgIpc) is 3.07. The van der Waals surface area contributed by atoms with Crippen molar-refractivity contribution in [2.75, 3.05) is 13.7 Å². The van der Waals surface area contributed by atoms with Gasteiger partial charge in [-0.1, -0.05) is 42.5 Å². The van der Waals surface area contributed by atoms with Crippen LogP contribution in [0.4, 0.5) is 0 Å². The van der Waals surface area contributed by atoms with Crippen LogP contribution in [0.5, 0.6) is 11.5 Å². The van der Waals surface area contributed by atoms with Crippen molar-refractivity contribution in [2.45, 2.75) is 6.92 Å². The number of ether oxygens (including phenoxy) is 2. The first-order valence-electron chi connectivity index (χ1n) is 8.72. The number of phenolic OH excluding ortho intramolecular Hbond substituents is 1. The molecule has 4 aromatic rings. The summed E-state index contributed by atoms with van der Waals surface area (Å²) in [6.07, 6.45) is 0. The number of hydrogen-bond acceptors (Lipinski definition) is 4. The third-order valence-corrected chi connectivity index (χ3v) is 4.64. The number of carbonyl (C=O) groups is 1. The van der Waals surface area contributed by atoms with Crippen LogP contribution in [0, 0.1) is 0 Å². The Bertz CT molecular complexity index is 1150. The van der Waals surface area contributed by atoms with Crippen molar-refractivity contribution in [3.63, 3.8) is 0 Å². The largest absolute Gasteiger partial charge is 0.507 e. The van der Waals surface area contributed by atoms with Crippen LogP contribution in [0.3, 0.4) is 0 Å². The minimum atomic E-state index is -0.552. The molecule has 0 fully saturated rings. The molecule has 0 spiro atoms. The molecule has 0 radical (unpaired) electrons. The Labute approximate surface area is 156 Å². The minimum absolute atomic E-state index is 0.108. The fraction of sp³-hybridized carbons (Fsp3) is 0.136. The second-order valence-corrected chi connectivity index (χ2v) is 6.16. The van der Waals surface area contributed by atoms with E-state index in [4.69, 9.17) is 9.47 Å². The number of rotatable bonds is 4. The second kappa shape index (κ2) is 6.68. The van der Waals surface area contributed by atoms with Crippen LogP contribution >= 0.6 is 0 Å². The Morgan fingerprint density at radius 3 is 2.56 bits per heavy atom. The minimum Gasteiger partial charge on any atom is -0.507 e. The summed E-state index contributed by atoms with van der Waals surface area (Å²) >= 11 is 0. The smallest absolute Gasteiger partial charge is 0.342 e. The summed E-state index contributed by atoms with van der Waals surface area (Å²) in [6.45, 7) is 1.97. The van der Waals surface area contributed by atoms with Crippen molar-refractivity contribution < 1.29 is 19.4 Å².